The lowest BCUT2D eigenvalue weighted by molar-refractivity contribution is 0.629. The minimum Gasteiger partial charge on any atom is -0.342 e. The number of hydrogen-bond donors (Lipinski definition) is 1. The van der Waals surface area contributed by atoms with Crippen molar-refractivity contribution in [3.63, 3.8) is 0 Å². The van der Waals surface area contributed by atoms with Crippen LogP contribution in [0.2, 0.25) is 0 Å². The number of halogens is 1. The van der Waals surface area contributed by atoms with Crippen molar-refractivity contribution in [3.8, 4) is 11.3 Å². The first kappa shape index (κ1) is 10.9. The van der Waals surface area contributed by atoms with Gasteiger partial charge >= 0.3 is 0 Å². The van der Waals surface area contributed by atoms with E-state index in [0.717, 1.165) is 17.1 Å². The number of benzene rings is 1. The van der Waals surface area contributed by atoms with Crippen molar-refractivity contribution in [3.05, 3.63) is 41.6 Å². The highest BCUT2D eigenvalue weighted by Gasteiger charge is 2.09. The van der Waals surface area contributed by atoms with Crippen LogP contribution >= 0.6 is 0 Å². The molecule has 0 amide bonds. The molecule has 0 spiro atoms. The molecule has 0 saturated carbocycles. The van der Waals surface area contributed by atoms with E-state index in [4.69, 9.17) is 0 Å². The van der Waals surface area contributed by atoms with Crippen molar-refractivity contribution < 1.29 is 4.39 Å². The molecule has 0 aliphatic rings. The van der Waals surface area contributed by atoms with E-state index in [1.807, 2.05) is 26.8 Å². The summed E-state index contributed by atoms with van der Waals surface area (Å²) in [5.41, 5.74) is 2.23. The Morgan fingerprint density at radius 3 is 2.62 bits per heavy atom. The Kier molecular flexibility index (Phi) is 2.77. The molecular weight excluding hydrogens is 203 g/mol. The molecule has 2 aromatic rings. The zero-order valence-electron chi connectivity index (χ0n) is 9.71. The second kappa shape index (κ2) is 4.08. The minimum atomic E-state index is -0.209. The largest absolute Gasteiger partial charge is 0.342 e. The van der Waals surface area contributed by atoms with Crippen LogP contribution in [0.5, 0.6) is 0 Å². The summed E-state index contributed by atoms with van der Waals surface area (Å²) in [7, 11) is 0. The lowest BCUT2D eigenvalue weighted by atomic mass is 10.1. The Morgan fingerprint density at radius 1 is 1.31 bits per heavy atom. The van der Waals surface area contributed by atoms with Crippen LogP contribution in [0.4, 0.5) is 4.39 Å². The van der Waals surface area contributed by atoms with Crippen molar-refractivity contribution >= 4 is 0 Å². The standard InChI is InChI=1S/C13H15FN2/c1-8(2)13-15-7-12(16-13)10-5-4-9(3)6-11(10)14/h4-8H,1-3H3,(H,15,16). The summed E-state index contributed by atoms with van der Waals surface area (Å²) in [4.78, 5) is 7.37. The normalized spacial score (nSPS) is 11.1. The molecule has 2 rings (SSSR count). The SMILES string of the molecule is Cc1ccc(-c2cnc(C(C)C)[nH]2)c(F)c1. The summed E-state index contributed by atoms with van der Waals surface area (Å²) in [6.07, 6.45) is 1.68. The lowest BCUT2D eigenvalue weighted by Gasteiger charge is -2.02. The van der Waals surface area contributed by atoms with Crippen LogP contribution in [0.3, 0.4) is 0 Å². The third-order valence-electron chi connectivity index (χ3n) is 2.56. The summed E-state index contributed by atoms with van der Waals surface area (Å²) >= 11 is 0. The molecule has 0 atom stereocenters. The summed E-state index contributed by atoms with van der Waals surface area (Å²) in [6, 6.07) is 5.21. The average molecular weight is 218 g/mol. The van der Waals surface area contributed by atoms with Gasteiger partial charge in [-0.3, -0.25) is 0 Å². The Balaban J connectivity index is 2.42. The second-order valence-corrected chi connectivity index (χ2v) is 4.32. The predicted molar refractivity (Wildman–Crippen MR) is 62.8 cm³/mol. The number of aryl methyl sites for hydroxylation is 1. The Labute approximate surface area is 94.5 Å². The van der Waals surface area contributed by atoms with Gasteiger partial charge in [0.2, 0.25) is 0 Å². The zero-order chi connectivity index (χ0) is 11.7. The van der Waals surface area contributed by atoms with Crippen LogP contribution < -0.4 is 0 Å². The van der Waals surface area contributed by atoms with Gasteiger partial charge in [-0.05, 0) is 24.6 Å². The van der Waals surface area contributed by atoms with E-state index in [-0.39, 0.29) is 5.82 Å². The molecule has 2 nitrogen and oxygen atoms in total. The van der Waals surface area contributed by atoms with Gasteiger partial charge in [-0.25, -0.2) is 9.37 Å². The molecule has 0 unspecified atom stereocenters. The van der Waals surface area contributed by atoms with Gasteiger partial charge in [-0.1, -0.05) is 19.9 Å². The Morgan fingerprint density at radius 2 is 2.06 bits per heavy atom. The fourth-order valence-electron chi connectivity index (χ4n) is 1.61. The van der Waals surface area contributed by atoms with Crippen LogP contribution in [0.15, 0.2) is 24.4 Å². The first-order valence-corrected chi connectivity index (χ1v) is 5.39. The van der Waals surface area contributed by atoms with Gasteiger partial charge in [0, 0.05) is 11.5 Å². The summed E-state index contributed by atoms with van der Waals surface area (Å²) in [5.74, 6) is 0.996. The van der Waals surface area contributed by atoms with Crippen molar-refractivity contribution in [2.75, 3.05) is 0 Å². The van der Waals surface area contributed by atoms with Gasteiger partial charge in [-0.2, -0.15) is 0 Å². The van der Waals surface area contributed by atoms with Crippen molar-refractivity contribution in [2.45, 2.75) is 26.7 Å². The van der Waals surface area contributed by atoms with Crippen LogP contribution in [-0.4, -0.2) is 9.97 Å². The van der Waals surface area contributed by atoms with Crippen LogP contribution in [0, 0.1) is 12.7 Å². The number of nitrogens with zero attached hydrogens (tertiary/aromatic N) is 1. The molecule has 1 N–H and O–H groups in total. The number of aromatic amines is 1. The summed E-state index contributed by atoms with van der Waals surface area (Å²) < 4.78 is 13.7. The maximum absolute atomic E-state index is 13.7. The second-order valence-electron chi connectivity index (χ2n) is 4.32. The molecule has 1 aromatic carbocycles. The molecule has 3 heteroatoms. The van der Waals surface area contributed by atoms with Gasteiger partial charge in [-0.15, -0.1) is 0 Å². The number of rotatable bonds is 2. The van der Waals surface area contributed by atoms with E-state index >= 15 is 0 Å². The lowest BCUT2D eigenvalue weighted by Crippen LogP contribution is -1.90. The van der Waals surface area contributed by atoms with Gasteiger partial charge in [0.05, 0.1) is 11.9 Å². The number of H-pyrrole nitrogens is 1. The molecule has 0 fully saturated rings. The average Bonchev–Trinajstić information content (AvgIpc) is 2.66. The third kappa shape index (κ3) is 1.98. The van der Waals surface area contributed by atoms with E-state index in [1.54, 1.807) is 12.3 Å². The fraction of sp³-hybridized carbons (Fsp3) is 0.308. The maximum atomic E-state index is 13.7. The highest BCUT2D eigenvalue weighted by atomic mass is 19.1. The van der Waals surface area contributed by atoms with Crippen molar-refractivity contribution in [1.29, 1.82) is 0 Å². The number of imidazole rings is 1. The maximum Gasteiger partial charge on any atom is 0.132 e. The first-order valence-electron chi connectivity index (χ1n) is 5.39. The predicted octanol–water partition coefficient (Wildman–Crippen LogP) is 3.65. The Hall–Kier alpha value is -1.64. The van der Waals surface area contributed by atoms with Gasteiger partial charge in [0.15, 0.2) is 0 Å². The van der Waals surface area contributed by atoms with E-state index in [0.29, 0.717) is 11.5 Å². The monoisotopic (exact) mass is 218 g/mol. The zero-order valence-corrected chi connectivity index (χ0v) is 9.71. The highest BCUT2D eigenvalue weighted by molar-refractivity contribution is 5.59. The number of nitrogens with one attached hydrogen (secondary N) is 1. The van der Waals surface area contributed by atoms with Crippen molar-refractivity contribution in [1.82, 2.24) is 9.97 Å². The minimum absolute atomic E-state index is 0.209. The molecule has 16 heavy (non-hydrogen) atoms. The van der Waals surface area contributed by atoms with E-state index in [1.165, 1.54) is 6.07 Å². The van der Waals surface area contributed by atoms with Gasteiger partial charge < -0.3 is 4.98 Å². The molecule has 0 aliphatic heterocycles. The van der Waals surface area contributed by atoms with E-state index < -0.39 is 0 Å². The van der Waals surface area contributed by atoms with Crippen LogP contribution in [0.25, 0.3) is 11.3 Å². The third-order valence-corrected chi connectivity index (χ3v) is 2.56. The number of aromatic nitrogens is 2. The summed E-state index contributed by atoms with van der Waals surface area (Å²) in [5, 5.41) is 0. The van der Waals surface area contributed by atoms with E-state index in [9.17, 15) is 4.39 Å². The van der Waals surface area contributed by atoms with Crippen molar-refractivity contribution in [2.24, 2.45) is 0 Å². The highest BCUT2D eigenvalue weighted by Crippen LogP contribution is 2.23. The molecule has 0 aliphatic carbocycles. The van der Waals surface area contributed by atoms with Gasteiger partial charge in [0.25, 0.3) is 0 Å². The molecule has 1 aromatic heterocycles. The molecular formula is C13H15FN2. The van der Waals surface area contributed by atoms with Gasteiger partial charge in [0.1, 0.15) is 11.6 Å². The van der Waals surface area contributed by atoms with E-state index in [2.05, 4.69) is 9.97 Å². The smallest absolute Gasteiger partial charge is 0.132 e. The number of hydrogen-bond acceptors (Lipinski definition) is 1. The molecule has 84 valence electrons. The molecule has 0 saturated heterocycles. The Bertz CT molecular complexity index is 500. The first-order chi connectivity index (χ1) is 7.58. The topological polar surface area (TPSA) is 28.7 Å². The fourth-order valence-corrected chi connectivity index (χ4v) is 1.61. The van der Waals surface area contributed by atoms with Crippen LogP contribution in [-0.2, 0) is 0 Å². The quantitative estimate of drug-likeness (QED) is 0.819. The molecule has 0 radical (unpaired) electrons. The van der Waals surface area contributed by atoms with Crippen LogP contribution in [0.1, 0.15) is 31.2 Å². The summed E-state index contributed by atoms with van der Waals surface area (Å²) in [6.45, 7) is 5.97. The molecule has 0 bridgehead atoms. The molecule has 1 heterocycles.